The summed E-state index contributed by atoms with van der Waals surface area (Å²) in [7, 11) is 2.49. The zero-order valence-corrected chi connectivity index (χ0v) is 21.0. The van der Waals surface area contributed by atoms with Gasteiger partial charge >= 0.3 is 11.9 Å². The first-order valence-electron chi connectivity index (χ1n) is 12.0. The molecular weight excluding hydrogens is 464 g/mol. The molecule has 1 aromatic heterocycles. The third-order valence-electron chi connectivity index (χ3n) is 7.35. The number of ketones is 1. The first kappa shape index (κ1) is 25.3. The van der Waals surface area contributed by atoms with Crippen molar-refractivity contribution in [1.82, 2.24) is 9.47 Å². The van der Waals surface area contributed by atoms with Crippen LogP contribution < -0.4 is 0 Å². The molecule has 2 amide bonds. The van der Waals surface area contributed by atoms with Gasteiger partial charge in [-0.3, -0.25) is 19.3 Å². The number of aromatic nitrogens is 1. The van der Waals surface area contributed by atoms with Crippen LogP contribution >= 0.6 is 0 Å². The average molecular weight is 495 g/mol. The molecule has 1 aliphatic carbocycles. The number of nitrogens with zero attached hydrogens (tertiary/aromatic N) is 2. The fourth-order valence-corrected chi connectivity index (χ4v) is 5.52. The molecule has 0 radical (unpaired) electrons. The Hall–Kier alpha value is -3.75. The maximum atomic E-state index is 13.3. The second-order valence-electron chi connectivity index (χ2n) is 9.60. The molecule has 9 heteroatoms. The van der Waals surface area contributed by atoms with E-state index in [4.69, 9.17) is 9.47 Å². The van der Waals surface area contributed by atoms with Gasteiger partial charge in [0.25, 0.3) is 0 Å². The number of ether oxygens (including phenoxy) is 2. The highest BCUT2D eigenvalue weighted by atomic mass is 16.5. The summed E-state index contributed by atoms with van der Waals surface area (Å²) in [6, 6.07) is 6.19. The summed E-state index contributed by atoms with van der Waals surface area (Å²) >= 11 is 0. The second-order valence-corrected chi connectivity index (χ2v) is 9.60. The number of carbonyl (C=O) groups excluding carboxylic acids is 5. The van der Waals surface area contributed by atoms with Crippen molar-refractivity contribution in [3.05, 3.63) is 52.3 Å². The number of carbonyl (C=O) groups is 5. The Morgan fingerprint density at radius 1 is 0.889 bits per heavy atom. The van der Waals surface area contributed by atoms with Crippen LogP contribution in [0, 0.1) is 19.3 Å². The molecule has 9 nitrogen and oxygen atoms in total. The highest BCUT2D eigenvalue weighted by Crippen LogP contribution is 2.45. The van der Waals surface area contributed by atoms with Gasteiger partial charge in [-0.05, 0) is 51.0 Å². The summed E-state index contributed by atoms with van der Waals surface area (Å²) in [6.07, 6.45) is 4.45. The van der Waals surface area contributed by atoms with Crippen LogP contribution in [-0.2, 0) is 19.1 Å². The van der Waals surface area contributed by atoms with Gasteiger partial charge < -0.3 is 14.0 Å². The minimum atomic E-state index is -0.648. The van der Waals surface area contributed by atoms with Crippen LogP contribution in [0.2, 0.25) is 0 Å². The number of hydrogen-bond donors (Lipinski definition) is 0. The smallest absolute Gasteiger partial charge is 0.337 e. The number of amides is 2. The van der Waals surface area contributed by atoms with Crippen LogP contribution in [0.4, 0.5) is 0 Å². The van der Waals surface area contributed by atoms with Crippen LogP contribution in [0.15, 0.2) is 24.3 Å². The SMILES string of the molecule is COC(=O)c1cc(C(=O)OC)cc(-n2c(C)cc(C(=O)CN3C(=O)CC4(CCCCC4)C3=O)c2C)c1. The molecule has 1 spiro atoms. The van der Waals surface area contributed by atoms with Gasteiger partial charge in [0.05, 0.1) is 37.3 Å². The summed E-state index contributed by atoms with van der Waals surface area (Å²) in [5.74, 6) is -2.12. The Morgan fingerprint density at radius 3 is 2.03 bits per heavy atom. The average Bonchev–Trinajstić information content (AvgIpc) is 3.30. The predicted octanol–water partition coefficient (Wildman–Crippen LogP) is 3.56. The molecule has 36 heavy (non-hydrogen) atoms. The van der Waals surface area contributed by atoms with Crippen molar-refractivity contribution in [2.75, 3.05) is 20.8 Å². The van der Waals surface area contributed by atoms with E-state index in [0.29, 0.717) is 35.5 Å². The van der Waals surface area contributed by atoms with E-state index in [2.05, 4.69) is 0 Å². The van der Waals surface area contributed by atoms with Crippen molar-refractivity contribution in [3.63, 3.8) is 0 Å². The summed E-state index contributed by atoms with van der Waals surface area (Å²) in [5, 5.41) is 0. The van der Waals surface area contributed by atoms with Crippen LogP contribution in [0.1, 0.15) is 81.0 Å². The van der Waals surface area contributed by atoms with E-state index in [0.717, 1.165) is 24.2 Å². The van der Waals surface area contributed by atoms with Gasteiger partial charge in [0, 0.05) is 29.1 Å². The molecule has 1 saturated carbocycles. The largest absolute Gasteiger partial charge is 0.465 e. The lowest BCUT2D eigenvalue weighted by Crippen LogP contribution is -2.39. The molecule has 0 atom stereocenters. The highest BCUT2D eigenvalue weighted by molar-refractivity contribution is 6.10. The van der Waals surface area contributed by atoms with Crippen LogP contribution in [0.3, 0.4) is 0 Å². The van der Waals surface area contributed by atoms with Crippen LogP contribution in [0.5, 0.6) is 0 Å². The van der Waals surface area contributed by atoms with E-state index in [1.807, 2.05) is 0 Å². The first-order chi connectivity index (χ1) is 17.1. The zero-order chi connectivity index (χ0) is 26.2. The Bertz CT molecular complexity index is 1230. The number of esters is 2. The molecule has 0 bridgehead atoms. The lowest BCUT2D eigenvalue weighted by Gasteiger charge is -2.30. The molecule has 2 fully saturated rings. The van der Waals surface area contributed by atoms with Gasteiger partial charge in [0.2, 0.25) is 11.8 Å². The molecule has 1 aliphatic heterocycles. The molecule has 2 aliphatic rings. The molecule has 1 saturated heterocycles. The Labute approximate surface area is 209 Å². The molecular formula is C27H30N2O7. The van der Waals surface area contributed by atoms with Crippen LogP contribution in [0.25, 0.3) is 5.69 Å². The Kier molecular flexibility index (Phi) is 6.84. The fraction of sp³-hybridized carbons (Fsp3) is 0.444. The molecule has 4 rings (SSSR count). The molecule has 0 unspecified atom stereocenters. The van der Waals surface area contributed by atoms with Gasteiger partial charge in [-0.1, -0.05) is 19.3 Å². The van der Waals surface area contributed by atoms with Crippen molar-refractivity contribution in [2.24, 2.45) is 5.41 Å². The molecule has 190 valence electrons. The zero-order valence-electron chi connectivity index (χ0n) is 21.0. The predicted molar refractivity (Wildman–Crippen MR) is 129 cm³/mol. The number of imide groups is 1. The van der Waals surface area contributed by atoms with Crippen molar-refractivity contribution in [2.45, 2.75) is 52.4 Å². The molecule has 0 N–H and O–H groups in total. The van der Waals surface area contributed by atoms with Gasteiger partial charge in [0.1, 0.15) is 0 Å². The van der Waals surface area contributed by atoms with E-state index >= 15 is 0 Å². The summed E-state index contributed by atoms with van der Waals surface area (Å²) in [6.45, 7) is 3.22. The van der Waals surface area contributed by atoms with E-state index in [9.17, 15) is 24.0 Å². The van der Waals surface area contributed by atoms with E-state index < -0.39 is 17.4 Å². The standard InChI is InChI=1S/C27H30N2O7/c1-16-10-21(22(30)15-28-23(31)14-27(26(28)34)8-6-5-7-9-27)17(2)29(16)20-12-18(24(32)35-3)11-19(13-20)25(33)36-4/h10-13H,5-9,14-15H2,1-4H3. The third kappa shape index (κ3) is 4.34. The number of Topliss-reactive ketones (excluding diaryl/α,β-unsaturated/α-hetero) is 1. The van der Waals surface area contributed by atoms with E-state index in [-0.39, 0.29) is 41.7 Å². The van der Waals surface area contributed by atoms with Gasteiger partial charge in [-0.2, -0.15) is 0 Å². The quantitative estimate of drug-likeness (QED) is 0.343. The van der Waals surface area contributed by atoms with Crippen molar-refractivity contribution < 1.29 is 33.4 Å². The van der Waals surface area contributed by atoms with Crippen molar-refractivity contribution >= 4 is 29.5 Å². The van der Waals surface area contributed by atoms with Gasteiger partial charge in [-0.25, -0.2) is 9.59 Å². The van der Waals surface area contributed by atoms with Crippen molar-refractivity contribution in [1.29, 1.82) is 0 Å². The van der Waals surface area contributed by atoms with Crippen molar-refractivity contribution in [3.8, 4) is 5.69 Å². The lowest BCUT2D eigenvalue weighted by molar-refractivity contribution is -0.141. The van der Waals surface area contributed by atoms with E-state index in [1.165, 1.54) is 20.3 Å². The topological polar surface area (TPSA) is 112 Å². The molecule has 2 heterocycles. The van der Waals surface area contributed by atoms with Gasteiger partial charge in [-0.15, -0.1) is 0 Å². The molecule has 1 aromatic carbocycles. The maximum absolute atomic E-state index is 13.3. The lowest BCUT2D eigenvalue weighted by atomic mass is 9.73. The Morgan fingerprint density at radius 2 is 1.47 bits per heavy atom. The minimum Gasteiger partial charge on any atom is -0.465 e. The highest BCUT2D eigenvalue weighted by Gasteiger charge is 2.51. The summed E-state index contributed by atoms with van der Waals surface area (Å²) < 4.78 is 11.4. The molecule has 2 aromatic rings. The normalized spacial score (nSPS) is 16.9. The third-order valence-corrected chi connectivity index (χ3v) is 7.35. The summed E-state index contributed by atoms with van der Waals surface area (Å²) in [5.41, 5.74) is 1.73. The van der Waals surface area contributed by atoms with Gasteiger partial charge in [0.15, 0.2) is 5.78 Å². The van der Waals surface area contributed by atoms with E-state index in [1.54, 1.807) is 36.6 Å². The number of benzene rings is 1. The maximum Gasteiger partial charge on any atom is 0.337 e. The summed E-state index contributed by atoms with van der Waals surface area (Å²) in [4.78, 5) is 64.8. The number of aryl methyl sites for hydroxylation is 1. The number of likely N-dealkylation sites (tertiary alicyclic amines) is 1. The fourth-order valence-electron chi connectivity index (χ4n) is 5.52. The number of rotatable bonds is 6. The number of methoxy groups -OCH3 is 2. The monoisotopic (exact) mass is 494 g/mol. The minimum absolute atomic E-state index is 0.154. The second kappa shape index (κ2) is 9.72. The first-order valence-corrected chi connectivity index (χ1v) is 12.0. The van der Waals surface area contributed by atoms with Crippen LogP contribution in [-0.4, -0.2) is 59.8 Å². The Balaban J connectivity index is 1.66. The number of hydrogen-bond acceptors (Lipinski definition) is 7.